The Labute approximate surface area is 237 Å². The fourth-order valence-electron chi connectivity index (χ4n) is 5.23. The molecule has 0 aliphatic rings. The first-order valence-electron chi connectivity index (χ1n) is 13.6. The van der Waals surface area contributed by atoms with Gasteiger partial charge >= 0.3 is 0 Å². The van der Waals surface area contributed by atoms with Crippen molar-refractivity contribution < 1.29 is 9.59 Å². The van der Waals surface area contributed by atoms with Gasteiger partial charge in [0.15, 0.2) is 0 Å². The molecule has 0 unspecified atom stereocenters. The zero-order valence-electron chi connectivity index (χ0n) is 22.4. The molecule has 0 aliphatic carbocycles. The predicted octanol–water partition coefficient (Wildman–Crippen LogP) is 7.07. The van der Waals surface area contributed by atoms with E-state index >= 15 is 0 Å². The molecule has 0 heterocycles. The maximum atomic E-state index is 12.4. The van der Waals surface area contributed by atoms with E-state index in [9.17, 15) is 9.59 Å². The van der Waals surface area contributed by atoms with Crippen LogP contribution in [0.15, 0.2) is 119 Å². The molecule has 41 heavy (non-hydrogen) atoms. The molecule has 0 radical (unpaired) electrons. The molecule has 2 N–H and O–H groups in total. The van der Waals surface area contributed by atoms with Gasteiger partial charge in [-0.05, 0) is 61.6 Å². The van der Waals surface area contributed by atoms with Crippen LogP contribution in [0.25, 0.3) is 43.1 Å². The monoisotopic (exact) mass is 536 g/mol. The average Bonchev–Trinajstić information content (AvgIpc) is 3.00. The van der Waals surface area contributed by atoms with E-state index in [-0.39, 0.29) is 24.7 Å². The molecule has 0 spiro atoms. The lowest BCUT2D eigenvalue weighted by atomic mass is 9.97. The first-order chi connectivity index (χ1) is 20.2. The summed E-state index contributed by atoms with van der Waals surface area (Å²) in [5.41, 5.74) is 7.11. The highest BCUT2D eigenvalue weighted by atomic mass is 16.2. The molecule has 6 heteroatoms. The minimum atomic E-state index is -0.246. The van der Waals surface area contributed by atoms with Gasteiger partial charge < -0.3 is 0 Å². The highest BCUT2D eigenvalue weighted by molar-refractivity contribution is 6.14. The van der Waals surface area contributed by atoms with Crippen molar-refractivity contribution in [2.24, 2.45) is 10.2 Å². The van der Waals surface area contributed by atoms with Crippen LogP contribution in [0, 0.1) is 0 Å². The molecule has 6 aromatic rings. The molecule has 0 fully saturated rings. The smallest absolute Gasteiger partial charge is 0.240 e. The van der Waals surface area contributed by atoms with E-state index < -0.39 is 0 Å². The topological polar surface area (TPSA) is 82.9 Å². The number of carbonyl (C=O) groups excluding carboxylic acids is 2. The van der Waals surface area contributed by atoms with Gasteiger partial charge in [-0.3, -0.25) is 9.59 Å². The minimum absolute atomic E-state index is 0.179. The number of amides is 2. The SMILES string of the molecule is O=C(CCCC(=O)N/N=C/c1c2ccccc2cc2ccccc12)N/N=C/c1c2ccccc2cc2ccccc12. The Morgan fingerprint density at radius 1 is 0.512 bits per heavy atom. The van der Waals surface area contributed by atoms with Crippen LogP contribution >= 0.6 is 0 Å². The number of hydrogen-bond acceptors (Lipinski definition) is 4. The van der Waals surface area contributed by atoms with Crippen LogP contribution in [-0.2, 0) is 9.59 Å². The fraction of sp³-hybridized carbons (Fsp3) is 0.0857. The van der Waals surface area contributed by atoms with Crippen LogP contribution < -0.4 is 10.9 Å². The van der Waals surface area contributed by atoms with Crippen LogP contribution in [-0.4, -0.2) is 24.2 Å². The second kappa shape index (κ2) is 11.8. The standard InChI is InChI=1S/C35H28N4O2/c40-34(38-36-22-32-28-14-5-1-10-24(28)20-25-11-2-6-15-29(25)32)18-9-19-35(41)39-37-23-33-30-16-7-3-12-26(30)21-27-13-4-8-17-31(27)33/h1-8,10-17,20-23H,9,18-19H2,(H,38,40)(H,39,41)/b36-22+,37-23+. The summed E-state index contributed by atoms with van der Waals surface area (Å²) in [7, 11) is 0. The molecule has 2 amide bonds. The quantitative estimate of drug-likeness (QED) is 0.124. The Morgan fingerprint density at radius 3 is 1.17 bits per heavy atom. The summed E-state index contributed by atoms with van der Waals surface area (Å²) in [6, 6.07) is 36.8. The maximum Gasteiger partial charge on any atom is 0.240 e. The van der Waals surface area contributed by atoms with Crippen LogP contribution in [0.1, 0.15) is 30.4 Å². The van der Waals surface area contributed by atoms with Crippen molar-refractivity contribution in [2.75, 3.05) is 0 Å². The van der Waals surface area contributed by atoms with Crippen LogP contribution in [0.2, 0.25) is 0 Å². The van der Waals surface area contributed by atoms with E-state index in [2.05, 4.69) is 81.7 Å². The molecule has 200 valence electrons. The molecule has 0 bridgehead atoms. The number of rotatable bonds is 8. The number of hydrogen-bond donors (Lipinski definition) is 2. The summed E-state index contributed by atoms with van der Waals surface area (Å²) in [5, 5.41) is 17.2. The Kier molecular flexibility index (Phi) is 7.45. The third-order valence-corrected chi connectivity index (χ3v) is 7.20. The number of hydrazone groups is 2. The van der Waals surface area contributed by atoms with Gasteiger partial charge in [0, 0.05) is 24.0 Å². The Bertz CT molecular complexity index is 1730. The van der Waals surface area contributed by atoms with Crippen molar-refractivity contribution in [1.29, 1.82) is 0 Å². The lowest BCUT2D eigenvalue weighted by Gasteiger charge is -2.08. The highest BCUT2D eigenvalue weighted by Gasteiger charge is 2.08. The van der Waals surface area contributed by atoms with E-state index in [0.717, 1.165) is 54.2 Å². The van der Waals surface area contributed by atoms with Crippen molar-refractivity contribution >= 4 is 67.3 Å². The Hall–Kier alpha value is -5.36. The molecule has 6 aromatic carbocycles. The van der Waals surface area contributed by atoms with E-state index in [1.165, 1.54) is 0 Å². The second-order valence-electron chi connectivity index (χ2n) is 9.90. The second-order valence-corrected chi connectivity index (χ2v) is 9.90. The van der Waals surface area contributed by atoms with Gasteiger partial charge in [-0.1, -0.05) is 97.1 Å². The van der Waals surface area contributed by atoms with Gasteiger partial charge in [0.25, 0.3) is 0 Å². The van der Waals surface area contributed by atoms with Gasteiger partial charge in [0.05, 0.1) is 12.4 Å². The molecule has 0 aromatic heterocycles. The third kappa shape index (κ3) is 5.68. The summed E-state index contributed by atoms with van der Waals surface area (Å²) < 4.78 is 0. The summed E-state index contributed by atoms with van der Waals surface area (Å²) >= 11 is 0. The fourth-order valence-corrected chi connectivity index (χ4v) is 5.23. The maximum absolute atomic E-state index is 12.4. The number of carbonyl (C=O) groups is 2. The molecule has 6 rings (SSSR count). The van der Waals surface area contributed by atoms with Crippen LogP contribution in [0.4, 0.5) is 0 Å². The van der Waals surface area contributed by atoms with Crippen molar-refractivity contribution in [2.45, 2.75) is 19.3 Å². The minimum Gasteiger partial charge on any atom is -0.273 e. The largest absolute Gasteiger partial charge is 0.273 e. The summed E-state index contributed by atoms with van der Waals surface area (Å²) in [5.74, 6) is -0.492. The predicted molar refractivity (Wildman–Crippen MR) is 168 cm³/mol. The van der Waals surface area contributed by atoms with E-state index in [1.54, 1.807) is 12.4 Å². The van der Waals surface area contributed by atoms with Gasteiger partial charge in [0.1, 0.15) is 0 Å². The van der Waals surface area contributed by atoms with Crippen LogP contribution in [0.3, 0.4) is 0 Å². The van der Waals surface area contributed by atoms with E-state index in [0.29, 0.717) is 6.42 Å². The average molecular weight is 537 g/mol. The zero-order chi connectivity index (χ0) is 28.0. The molecular formula is C35H28N4O2. The Morgan fingerprint density at radius 2 is 0.829 bits per heavy atom. The lowest BCUT2D eigenvalue weighted by molar-refractivity contribution is -0.122. The van der Waals surface area contributed by atoms with Crippen molar-refractivity contribution in [3.05, 3.63) is 120 Å². The van der Waals surface area contributed by atoms with E-state index in [4.69, 9.17) is 0 Å². The van der Waals surface area contributed by atoms with Crippen molar-refractivity contribution in [3.8, 4) is 0 Å². The number of benzene rings is 6. The molecule has 0 aliphatic heterocycles. The molecule has 0 atom stereocenters. The lowest BCUT2D eigenvalue weighted by Crippen LogP contribution is -2.20. The van der Waals surface area contributed by atoms with E-state index in [1.807, 2.05) is 48.5 Å². The third-order valence-electron chi connectivity index (χ3n) is 7.20. The van der Waals surface area contributed by atoms with Gasteiger partial charge in [-0.2, -0.15) is 10.2 Å². The zero-order valence-corrected chi connectivity index (χ0v) is 22.4. The van der Waals surface area contributed by atoms with Gasteiger partial charge in [-0.15, -0.1) is 0 Å². The summed E-state index contributed by atoms with van der Waals surface area (Å²) in [4.78, 5) is 24.8. The first-order valence-corrected chi connectivity index (χ1v) is 13.6. The first kappa shape index (κ1) is 25.9. The van der Waals surface area contributed by atoms with Crippen molar-refractivity contribution in [3.63, 3.8) is 0 Å². The number of nitrogens with one attached hydrogen (secondary N) is 2. The highest BCUT2D eigenvalue weighted by Crippen LogP contribution is 2.28. The van der Waals surface area contributed by atoms with Gasteiger partial charge in [-0.25, -0.2) is 10.9 Å². The molecule has 6 nitrogen and oxygen atoms in total. The molecular weight excluding hydrogens is 508 g/mol. The summed E-state index contributed by atoms with van der Waals surface area (Å²) in [6.45, 7) is 0. The molecule has 0 saturated heterocycles. The van der Waals surface area contributed by atoms with Crippen LogP contribution in [0.5, 0.6) is 0 Å². The Balaban J connectivity index is 1.05. The normalized spacial score (nSPS) is 11.7. The van der Waals surface area contributed by atoms with Gasteiger partial charge in [0.2, 0.25) is 11.8 Å². The number of nitrogens with zero attached hydrogens (tertiary/aromatic N) is 2. The summed E-state index contributed by atoms with van der Waals surface area (Å²) in [6.07, 6.45) is 4.14. The molecule has 0 saturated carbocycles. The number of fused-ring (bicyclic) bond motifs is 4. The van der Waals surface area contributed by atoms with Crippen molar-refractivity contribution in [1.82, 2.24) is 10.9 Å².